The Hall–Kier alpha value is -3.53. The Bertz CT molecular complexity index is 1520. The Morgan fingerprint density at radius 2 is 1.97 bits per heavy atom. The number of aryl methyl sites for hydroxylation is 1. The molecule has 194 valence electrons. The van der Waals surface area contributed by atoms with Crippen molar-refractivity contribution in [1.82, 2.24) is 24.8 Å². The number of carbonyl (C=O) groups excluding carboxylic acids is 2. The maximum absolute atomic E-state index is 13.3. The van der Waals surface area contributed by atoms with E-state index < -0.39 is 9.84 Å². The number of aromatic nitrogens is 3. The lowest BCUT2D eigenvalue weighted by Crippen LogP contribution is -2.35. The highest BCUT2D eigenvalue weighted by Crippen LogP contribution is 2.41. The maximum Gasteiger partial charge on any atom is 0.274 e. The first-order chi connectivity index (χ1) is 17.5. The van der Waals surface area contributed by atoms with E-state index in [4.69, 9.17) is 0 Å². The average Bonchev–Trinajstić information content (AvgIpc) is 3.58. The smallest absolute Gasteiger partial charge is 0.274 e. The Balaban J connectivity index is 1.55. The molecular formula is C27H31N5O4S. The van der Waals surface area contributed by atoms with Crippen LogP contribution in [0.3, 0.4) is 0 Å². The number of fused-ring (bicyclic) bond motifs is 1. The predicted octanol–water partition coefficient (Wildman–Crippen LogP) is 3.70. The Morgan fingerprint density at radius 3 is 2.62 bits per heavy atom. The third-order valence-electron chi connectivity index (χ3n) is 7.44. The summed E-state index contributed by atoms with van der Waals surface area (Å²) in [5.41, 5.74) is 3.95. The van der Waals surface area contributed by atoms with Crippen molar-refractivity contribution in [2.24, 2.45) is 5.92 Å². The van der Waals surface area contributed by atoms with Gasteiger partial charge in [-0.05, 0) is 80.5 Å². The zero-order valence-electron chi connectivity index (χ0n) is 21.7. The predicted molar refractivity (Wildman–Crippen MR) is 140 cm³/mol. The summed E-state index contributed by atoms with van der Waals surface area (Å²) >= 11 is 0. The van der Waals surface area contributed by atoms with Crippen molar-refractivity contribution in [3.63, 3.8) is 0 Å². The van der Waals surface area contributed by atoms with E-state index >= 15 is 0 Å². The first-order valence-corrected chi connectivity index (χ1v) is 14.4. The quantitative estimate of drug-likeness (QED) is 0.507. The Morgan fingerprint density at radius 1 is 1.24 bits per heavy atom. The topological polar surface area (TPSA) is 116 Å². The first-order valence-electron chi connectivity index (χ1n) is 12.5. The third-order valence-corrected chi connectivity index (χ3v) is 8.56. The molecule has 3 heterocycles. The van der Waals surface area contributed by atoms with Crippen LogP contribution in [0, 0.1) is 12.8 Å². The number of amides is 2. The summed E-state index contributed by atoms with van der Waals surface area (Å²) in [5.74, 6) is 0.547. The number of carbonyl (C=O) groups is 2. The van der Waals surface area contributed by atoms with Gasteiger partial charge in [0.25, 0.3) is 11.8 Å². The van der Waals surface area contributed by atoms with Crippen molar-refractivity contribution < 1.29 is 18.0 Å². The minimum absolute atomic E-state index is 0.0539. The Labute approximate surface area is 216 Å². The summed E-state index contributed by atoms with van der Waals surface area (Å²) in [4.78, 5) is 41.5. The van der Waals surface area contributed by atoms with E-state index in [1.165, 1.54) is 0 Å². The van der Waals surface area contributed by atoms with E-state index in [0.29, 0.717) is 47.5 Å². The molecule has 1 aliphatic carbocycles. The zero-order valence-corrected chi connectivity index (χ0v) is 22.5. The van der Waals surface area contributed by atoms with Crippen molar-refractivity contribution in [1.29, 1.82) is 0 Å². The van der Waals surface area contributed by atoms with Gasteiger partial charge in [0.15, 0.2) is 15.7 Å². The molecule has 10 heteroatoms. The number of hydrogen-bond donors (Lipinski definition) is 1. The van der Waals surface area contributed by atoms with Gasteiger partial charge in [0, 0.05) is 44.3 Å². The second-order valence-electron chi connectivity index (χ2n) is 10.1. The molecule has 3 aromatic rings. The van der Waals surface area contributed by atoms with E-state index in [0.717, 1.165) is 30.2 Å². The second kappa shape index (κ2) is 9.09. The van der Waals surface area contributed by atoms with Crippen LogP contribution in [0.4, 0.5) is 0 Å². The highest BCUT2D eigenvalue weighted by molar-refractivity contribution is 7.90. The Kier molecular flexibility index (Phi) is 6.18. The lowest BCUT2D eigenvalue weighted by atomic mass is 10.0. The van der Waals surface area contributed by atoms with Crippen LogP contribution in [-0.2, 0) is 16.4 Å². The molecular weight excluding hydrogens is 490 g/mol. The second-order valence-corrected chi connectivity index (χ2v) is 12.1. The molecule has 0 spiro atoms. The lowest BCUT2D eigenvalue weighted by molar-refractivity contribution is 0.0694. The fraction of sp³-hybridized carbons (Fsp3) is 0.407. The summed E-state index contributed by atoms with van der Waals surface area (Å²) in [7, 11) is -1.93. The van der Waals surface area contributed by atoms with E-state index in [2.05, 4.69) is 15.0 Å². The minimum atomic E-state index is -3.65. The highest BCUT2D eigenvalue weighted by Gasteiger charge is 2.40. The molecule has 1 N–H and O–H groups in total. The van der Waals surface area contributed by atoms with Gasteiger partial charge in [-0.25, -0.2) is 13.4 Å². The van der Waals surface area contributed by atoms with Gasteiger partial charge in [-0.1, -0.05) is 0 Å². The molecule has 1 fully saturated rings. The van der Waals surface area contributed by atoms with Crippen LogP contribution in [0.1, 0.15) is 58.8 Å². The van der Waals surface area contributed by atoms with Gasteiger partial charge >= 0.3 is 0 Å². The average molecular weight is 522 g/mol. The van der Waals surface area contributed by atoms with Gasteiger partial charge in [0.05, 0.1) is 10.5 Å². The van der Waals surface area contributed by atoms with E-state index in [1.807, 2.05) is 26.0 Å². The van der Waals surface area contributed by atoms with Crippen LogP contribution in [0.5, 0.6) is 0 Å². The molecule has 1 aromatic carbocycles. The molecule has 1 saturated carbocycles. The molecule has 0 saturated heterocycles. The van der Waals surface area contributed by atoms with Gasteiger partial charge in [-0.3, -0.25) is 14.6 Å². The normalized spacial score (nSPS) is 16.1. The first kappa shape index (κ1) is 25.1. The standard InChI is InChI=1S/C27H31N5O4S/c1-6-31(4)27(34)24-15(2)29-25(30-24)21-12-18(9-10-28-21)19-11-20-14-32(16(3)17-7-8-17)26(33)23(20)22(13-19)37(5,35)36/h9-13,16-17H,6-8,14H2,1-5H3,(H,29,30). The van der Waals surface area contributed by atoms with Crippen LogP contribution in [0.25, 0.3) is 22.6 Å². The number of H-pyrrole nitrogens is 1. The number of pyridine rings is 1. The SMILES string of the molecule is CCN(C)C(=O)c1nc(-c2cc(-c3cc4c(c(S(C)(=O)=O)c3)C(=O)N(C(C)C3CC3)C4)ccn2)[nH]c1C. The van der Waals surface area contributed by atoms with Crippen LogP contribution in [-0.4, -0.2) is 70.9 Å². The fourth-order valence-electron chi connectivity index (χ4n) is 4.91. The molecule has 1 atom stereocenters. The molecule has 5 rings (SSSR count). The number of nitrogens with zero attached hydrogens (tertiary/aromatic N) is 4. The molecule has 37 heavy (non-hydrogen) atoms. The molecule has 1 unspecified atom stereocenters. The summed E-state index contributed by atoms with van der Waals surface area (Å²) in [6, 6.07) is 7.17. The van der Waals surface area contributed by atoms with Crippen LogP contribution >= 0.6 is 0 Å². The zero-order chi connectivity index (χ0) is 26.6. The number of hydrogen-bond acceptors (Lipinski definition) is 6. The van der Waals surface area contributed by atoms with E-state index in [9.17, 15) is 18.0 Å². The van der Waals surface area contributed by atoms with Gasteiger partial charge in [-0.2, -0.15) is 0 Å². The van der Waals surface area contributed by atoms with Gasteiger partial charge in [0.1, 0.15) is 11.4 Å². The number of benzene rings is 1. The van der Waals surface area contributed by atoms with Crippen molar-refractivity contribution >= 4 is 21.7 Å². The van der Waals surface area contributed by atoms with Crippen LogP contribution in [0.2, 0.25) is 0 Å². The summed E-state index contributed by atoms with van der Waals surface area (Å²) in [6.07, 6.45) is 4.96. The number of rotatable bonds is 7. The van der Waals surface area contributed by atoms with Crippen LogP contribution < -0.4 is 0 Å². The fourth-order valence-corrected chi connectivity index (χ4v) is 5.84. The van der Waals surface area contributed by atoms with Gasteiger partial charge < -0.3 is 14.8 Å². The largest absolute Gasteiger partial charge is 0.341 e. The molecule has 1 aliphatic heterocycles. The minimum Gasteiger partial charge on any atom is -0.341 e. The number of aromatic amines is 1. The van der Waals surface area contributed by atoms with Gasteiger partial charge in [-0.15, -0.1) is 0 Å². The van der Waals surface area contributed by atoms with Gasteiger partial charge in [0.2, 0.25) is 0 Å². The van der Waals surface area contributed by atoms with Crippen molar-refractivity contribution in [2.75, 3.05) is 19.8 Å². The number of sulfone groups is 1. The summed E-state index contributed by atoms with van der Waals surface area (Å²) < 4.78 is 25.6. The monoisotopic (exact) mass is 521 g/mol. The molecule has 0 radical (unpaired) electrons. The van der Waals surface area contributed by atoms with E-state index in [-0.39, 0.29) is 28.3 Å². The number of imidazole rings is 1. The maximum atomic E-state index is 13.3. The van der Waals surface area contributed by atoms with Crippen molar-refractivity contribution in [3.8, 4) is 22.6 Å². The third kappa shape index (κ3) is 4.54. The van der Waals surface area contributed by atoms with Crippen molar-refractivity contribution in [3.05, 3.63) is 53.0 Å². The van der Waals surface area contributed by atoms with Crippen LogP contribution in [0.15, 0.2) is 35.4 Å². The van der Waals surface area contributed by atoms with E-state index in [1.54, 1.807) is 42.1 Å². The molecule has 9 nitrogen and oxygen atoms in total. The molecule has 0 bridgehead atoms. The van der Waals surface area contributed by atoms with Crippen molar-refractivity contribution in [2.45, 2.75) is 51.1 Å². The summed E-state index contributed by atoms with van der Waals surface area (Å²) in [5, 5.41) is 0. The number of nitrogens with one attached hydrogen (secondary N) is 1. The lowest BCUT2D eigenvalue weighted by Gasteiger charge is -2.24. The molecule has 2 aromatic heterocycles. The molecule has 2 amide bonds. The highest BCUT2D eigenvalue weighted by atomic mass is 32.2. The molecule has 2 aliphatic rings. The summed E-state index contributed by atoms with van der Waals surface area (Å²) in [6.45, 7) is 6.69.